The van der Waals surface area contributed by atoms with Crippen molar-refractivity contribution in [1.82, 2.24) is 25.9 Å². The van der Waals surface area contributed by atoms with Crippen LogP contribution in [0.15, 0.2) is 17.5 Å². The Kier molecular flexibility index (Phi) is 13.4. The minimum atomic E-state index is -1.18. The maximum absolute atomic E-state index is 12.7. The van der Waals surface area contributed by atoms with Crippen molar-refractivity contribution in [3.63, 3.8) is 0 Å². The second-order valence-electron chi connectivity index (χ2n) is 7.86. The summed E-state index contributed by atoms with van der Waals surface area (Å²) in [7, 11) is 0. The second-order valence-corrected chi connectivity index (χ2v) is 7.86. The number of H-pyrrole nitrogens is 1. The van der Waals surface area contributed by atoms with E-state index >= 15 is 0 Å². The molecule has 0 bridgehead atoms. The van der Waals surface area contributed by atoms with E-state index in [4.69, 9.17) is 22.9 Å². The minimum Gasteiger partial charge on any atom is -0.480 e. The first-order valence-corrected chi connectivity index (χ1v) is 11.2. The van der Waals surface area contributed by atoms with Crippen LogP contribution in [-0.4, -0.2) is 82.5 Å². The minimum absolute atomic E-state index is 0.104. The summed E-state index contributed by atoms with van der Waals surface area (Å²) in [6.07, 6.45) is 5.07. The van der Waals surface area contributed by atoms with Gasteiger partial charge in [0.15, 0.2) is 5.96 Å². The summed E-state index contributed by atoms with van der Waals surface area (Å²) in [6, 6.07) is -3.06. The van der Waals surface area contributed by atoms with Crippen LogP contribution in [0, 0.1) is 0 Å². The van der Waals surface area contributed by atoms with Gasteiger partial charge in [0.05, 0.1) is 18.9 Å². The molecule has 0 spiro atoms. The summed E-state index contributed by atoms with van der Waals surface area (Å²) in [4.78, 5) is 59.3. The van der Waals surface area contributed by atoms with E-state index in [1.54, 1.807) is 0 Å². The average molecular weight is 497 g/mol. The number of nitrogens with zero attached hydrogens (tertiary/aromatic N) is 2. The van der Waals surface area contributed by atoms with Crippen LogP contribution in [0.4, 0.5) is 0 Å². The highest BCUT2D eigenvalue weighted by Gasteiger charge is 2.25. The lowest BCUT2D eigenvalue weighted by molar-refractivity contribution is -0.142. The molecule has 1 aromatic heterocycles. The molecule has 0 radical (unpaired) electrons. The lowest BCUT2D eigenvalue weighted by Gasteiger charge is -2.21. The number of aliphatic carboxylic acids is 1. The van der Waals surface area contributed by atoms with E-state index in [1.165, 1.54) is 12.5 Å². The number of guanidine groups is 1. The number of hydrogen-bond donors (Lipinski definition) is 9. The molecule has 1 heterocycles. The van der Waals surface area contributed by atoms with Crippen LogP contribution in [0.25, 0.3) is 0 Å². The van der Waals surface area contributed by atoms with Crippen molar-refractivity contribution in [3.05, 3.63) is 18.2 Å². The van der Waals surface area contributed by atoms with Gasteiger partial charge in [0.25, 0.3) is 0 Å². The van der Waals surface area contributed by atoms with Crippen LogP contribution in [0.2, 0.25) is 0 Å². The van der Waals surface area contributed by atoms with Crippen LogP contribution < -0.4 is 38.9 Å². The normalized spacial score (nSPS) is 13.2. The standard InChI is InChI=1S/C20H36N10O5/c21-6-2-1-4-15(19(34)35)29-16(31)10-27-18(33)14(5-3-7-26-20(23)24)30-17(32)13(22)8-12-9-25-11-28-12/h9,11,13-15H,1-8,10,21-22H2,(H,25,28)(H,27,33)(H,29,31)(H,30,32)(H,34,35)(H4,23,24,26). The van der Waals surface area contributed by atoms with Gasteiger partial charge in [0.1, 0.15) is 12.1 Å². The molecule has 0 aromatic carbocycles. The number of nitrogens with two attached hydrogens (primary N) is 4. The summed E-state index contributed by atoms with van der Waals surface area (Å²) in [5.74, 6) is -3.18. The fraction of sp³-hybridized carbons (Fsp3) is 0.600. The van der Waals surface area contributed by atoms with Gasteiger partial charge >= 0.3 is 5.97 Å². The third kappa shape index (κ3) is 12.4. The molecule has 0 saturated carbocycles. The van der Waals surface area contributed by atoms with E-state index in [0.717, 1.165) is 0 Å². The van der Waals surface area contributed by atoms with Crippen molar-refractivity contribution in [3.8, 4) is 0 Å². The maximum atomic E-state index is 12.7. The van der Waals surface area contributed by atoms with Crippen LogP contribution in [0.1, 0.15) is 37.8 Å². The van der Waals surface area contributed by atoms with Crippen LogP contribution in [0.5, 0.6) is 0 Å². The Morgan fingerprint density at radius 1 is 1.06 bits per heavy atom. The fourth-order valence-corrected chi connectivity index (χ4v) is 3.06. The Balaban J connectivity index is 2.68. The number of unbranched alkanes of at least 4 members (excludes halogenated alkanes) is 1. The highest BCUT2D eigenvalue weighted by atomic mass is 16.4. The molecule has 35 heavy (non-hydrogen) atoms. The van der Waals surface area contributed by atoms with Crippen LogP contribution >= 0.6 is 0 Å². The zero-order valence-corrected chi connectivity index (χ0v) is 19.5. The Morgan fingerprint density at radius 3 is 2.37 bits per heavy atom. The Hall–Kier alpha value is -3.72. The molecule has 0 fully saturated rings. The van der Waals surface area contributed by atoms with Gasteiger partial charge in [-0.05, 0) is 38.6 Å². The van der Waals surface area contributed by atoms with Crippen molar-refractivity contribution in [2.24, 2.45) is 27.9 Å². The molecule has 3 amide bonds. The summed E-state index contributed by atoms with van der Waals surface area (Å²) in [5, 5.41) is 16.6. The van der Waals surface area contributed by atoms with Crippen molar-refractivity contribution in [1.29, 1.82) is 0 Å². The molecular formula is C20H36N10O5. The predicted molar refractivity (Wildman–Crippen MR) is 128 cm³/mol. The highest BCUT2D eigenvalue weighted by Crippen LogP contribution is 2.03. The Bertz CT molecular complexity index is 841. The van der Waals surface area contributed by atoms with Crippen molar-refractivity contribution >= 4 is 29.7 Å². The molecule has 0 aliphatic rings. The SMILES string of the molecule is NCCCCC(NC(=O)CNC(=O)C(CCCN=C(N)N)NC(=O)C(N)Cc1cnc[nH]1)C(=O)O. The summed E-state index contributed by atoms with van der Waals surface area (Å²) in [6.45, 7) is 0.171. The number of aliphatic imine (C=N–C) groups is 1. The molecule has 13 N–H and O–H groups in total. The maximum Gasteiger partial charge on any atom is 0.326 e. The van der Waals surface area contributed by atoms with E-state index in [0.29, 0.717) is 31.5 Å². The van der Waals surface area contributed by atoms with E-state index in [-0.39, 0.29) is 31.8 Å². The lowest BCUT2D eigenvalue weighted by Crippen LogP contribution is -2.53. The van der Waals surface area contributed by atoms with Crippen LogP contribution in [-0.2, 0) is 25.6 Å². The molecule has 1 rings (SSSR count). The molecule has 0 aliphatic heterocycles. The van der Waals surface area contributed by atoms with Crippen molar-refractivity contribution < 1.29 is 24.3 Å². The zero-order valence-electron chi connectivity index (χ0n) is 19.5. The monoisotopic (exact) mass is 496 g/mol. The van der Waals surface area contributed by atoms with Gasteiger partial charge in [-0.15, -0.1) is 0 Å². The third-order valence-electron chi connectivity index (χ3n) is 4.91. The number of hydrogen-bond acceptors (Lipinski definition) is 8. The number of amides is 3. The topological polar surface area (TPSA) is 270 Å². The van der Waals surface area contributed by atoms with Gasteiger partial charge < -0.3 is 49.0 Å². The molecule has 3 atom stereocenters. The number of rotatable bonds is 17. The molecular weight excluding hydrogens is 460 g/mol. The van der Waals surface area contributed by atoms with Crippen molar-refractivity contribution in [2.75, 3.05) is 19.6 Å². The highest BCUT2D eigenvalue weighted by molar-refractivity contribution is 5.92. The lowest BCUT2D eigenvalue weighted by atomic mass is 10.1. The molecule has 196 valence electrons. The molecule has 15 nitrogen and oxygen atoms in total. The first-order valence-electron chi connectivity index (χ1n) is 11.2. The van der Waals surface area contributed by atoms with E-state index in [9.17, 15) is 24.3 Å². The van der Waals surface area contributed by atoms with E-state index < -0.39 is 48.4 Å². The number of aromatic amines is 1. The van der Waals surface area contributed by atoms with Gasteiger partial charge in [0.2, 0.25) is 17.7 Å². The number of carbonyl (C=O) groups is 4. The average Bonchev–Trinajstić information content (AvgIpc) is 3.31. The fourth-order valence-electron chi connectivity index (χ4n) is 3.06. The number of carboxylic acid groups (broad SMARTS) is 1. The smallest absolute Gasteiger partial charge is 0.326 e. The largest absolute Gasteiger partial charge is 0.480 e. The van der Waals surface area contributed by atoms with E-state index in [1.807, 2.05) is 0 Å². The first-order chi connectivity index (χ1) is 16.6. The molecule has 1 aromatic rings. The number of nitrogens with one attached hydrogen (secondary N) is 4. The zero-order chi connectivity index (χ0) is 26.2. The Morgan fingerprint density at radius 2 is 1.77 bits per heavy atom. The number of carbonyl (C=O) groups excluding carboxylic acids is 3. The molecule has 0 aliphatic carbocycles. The molecule has 0 saturated heterocycles. The first kappa shape index (κ1) is 29.3. The van der Waals surface area contributed by atoms with Gasteiger partial charge in [-0.1, -0.05) is 0 Å². The number of imidazole rings is 1. The number of carboxylic acids is 1. The summed E-state index contributed by atoms with van der Waals surface area (Å²) >= 11 is 0. The second kappa shape index (κ2) is 16.0. The summed E-state index contributed by atoms with van der Waals surface area (Å²) in [5.41, 5.74) is 22.6. The predicted octanol–water partition coefficient (Wildman–Crippen LogP) is -3.37. The van der Waals surface area contributed by atoms with Gasteiger partial charge in [-0.3, -0.25) is 19.4 Å². The quantitative estimate of drug-likeness (QED) is 0.0586. The molecule has 3 unspecified atom stereocenters. The van der Waals surface area contributed by atoms with Gasteiger partial charge in [0, 0.05) is 24.9 Å². The summed E-state index contributed by atoms with van der Waals surface area (Å²) < 4.78 is 0. The van der Waals surface area contributed by atoms with Gasteiger partial charge in [-0.2, -0.15) is 0 Å². The Labute approximate surface area is 202 Å². The number of aromatic nitrogens is 2. The van der Waals surface area contributed by atoms with Gasteiger partial charge in [-0.25, -0.2) is 9.78 Å². The van der Waals surface area contributed by atoms with Crippen LogP contribution in [0.3, 0.4) is 0 Å². The third-order valence-corrected chi connectivity index (χ3v) is 4.91. The van der Waals surface area contributed by atoms with E-state index in [2.05, 4.69) is 30.9 Å². The molecule has 15 heteroatoms. The van der Waals surface area contributed by atoms with Crippen molar-refractivity contribution in [2.45, 2.75) is 56.7 Å².